The van der Waals surface area contributed by atoms with Crippen molar-refractivity contribution in [3.05, 3.63) is 47.1 Å². The maximum atomic E-state index is 5.58. The Kier molecular flexibility index (Phi) is 5.27. The second-order valence-electron chi connectivity index (χ2n) is 5.35. The van der Waals surface area contributed by atoms with E-state index in [4.69, 9.17) is 15.5 Å². The maximum Gasteiger partial charge on any atom is 0.136 e. The van der Waals surface area contributed by atoms with Gasteiger partial charge in [0.15, 0.2) is 0 Å². The lowest BCUT2D eigenvalue weighted by molar-refractivity contribution is 0.415. The Balaban J connectivity index is 2.06. The summed E-state index contributed by atoms with van der Waals surface area (Å²) in [4.78, 5) is 9.35. The van der Waals surface area contributed by atoms with E-state index in [9.17, 15) is 0 Å². The summed E-state index contributed by atoms with van der Waals surface area (Å²) >= 11 is 3.44. The molecule has 0 radical (unpaired) electrons. The molecule has 5 nitrogen and oxygen atoms in total. The molecule has 0 saturated heterocycles. The first-order chi connectivity index (χ1) is 11.7. The Morgan fingerprint density at radius 1 is 1.12 bits per heavy atom. The average molecular weight is 387 g/mol. The van der Waals surface area contributed by atoms with Crippen LogP contribution in [0.15, 0.2) is 47.1 Å². The molecule has 0 atom stereocenters. The maximum absolute atomic E-state index is 5.58. The van der Waals surface area contributed by atoms with Gasteiger partial charge in [0, 0.05) is 17.5 Å². The molecular weight excluding hydrogens is 368 g/mol. The van der Waals surface area contributed by atoms with Gasteiger partial charge >= 0.3 is 0 Å². The lowest BCUT2D eigenvalue weighted by Gasteiger charge is -2.11. The van der Waals surface area contributed by atoms with E-state index in [1.54, 1.807) is 7.11 Å². The first-order valence-corrected chi connectivity index (χ1v) is 8.56. The monoisotopic (exact) mass is 386 g/mol. The molecule has 0 bridgehead atoms. The number of hydrogen-bond donors (Lipinski definition) is 2. The third-order valence-corrected chi connectivity index (χ3v) is 4.15. The predicted molar refractivity (Wildman–Crippen MR) is 101 cm³/mol. The molecule has 24 heavy (non-hydrogen) atoms. The predicted octanol–water partition coefficient (Wildman–Crippen LogP) is 3.83. The molecule has 0 fully saturated rings. The molecule has 0 aliphatic rings. The third-order valence-electron chi connectivity index (χ3n) is 3.71. The molecule has 6 heteroatoms. The van der Waals surface area contributed by atoms with E-state index >= 15 is 0 Å². The summed E-state index contributed by atoms with van der Waals surface area (Å²) in [7, 11) is 1.66. The Labute approximate surface area is 149 Å². The van der Waals surface area contributed by atoms with E-state index in [1.807, 2.05) is 42.5 Å². The molecule has 3 N–H and O–H groups in total. The molecule has 0 spiro atoms. The van der Waals surface area contributed by atoms with Crippen molar-refractivity contribution in [3.8, 4) is 17.0 Å². The van der Waals surface area contributed by atoms with Gasteiger partial charge in [-0.1, -0.05) is 0 Å². The van der Waals surface area contributed by atoms with Gasteiger partial charge < -0.3 is 15.8 Å². The number of methoxy groups -OCH3 is 1. The molecule has 3 rings (SSSR count). The highest BCUT2D eigenvalue weighted by atomic mass is 79.9. The molecule has 0 unspecified atom stereocenters. The number of nitrogens with two attached hydrogens (primary N) is 1. The Morgan fingerprint density at radius 3 is 2.62 bits per heavy atom. The molecule has 2 aromatic heterocycles. The molecule has 1 aromatic carbocycles. The lowest BCUT2D eigenvalue weighted by atomic mass is 10.1. The van der Waals surface area contributed by atoms with Gasteiger partial charge in [-0.05, 0) is 71.4 Å². The van der Waals surface area contributed by atoms with Gasteiger partial charge in [0.25, 0.3) is 0 Å². The smallest absolute Gasteiger partial charge is 0.136 e. The van der Waals surface area contributed by atoms with Crippen LogP contribution in [-0.4, -0.2) is 30.2 Å². The molecule has 0 amide bonds. The summed E-state index contributed by atoms with van der Waals surface area (Å²) in [6, 6.07) is 13.8. The van der Waals surface area contributed by atoms with Crippen LogP contribution in [0, 0.1) is 0 Å². The number of fused-ring (bicyclic) bond motifs is 1. The van der Waals surface area contributed by atoms with Crippen molar-refractivity contribution in [1.82, 2.24) is 9.97 Å². The zero-order valence-electron chi connectivity index (χ0n) is 13.4. The van der Waals surface area contributed by atoms with Crippen molar-refractivity contribution in [2.24, 2.45) is 5.73 Å². The van der Waals surface area contributed by atoms with E-state index in [1.165, 1.54) is 0 Å². The van der Waals surface area contributed by atoms with Crippen molar-refractivity contribution < 1.29 is 4.74 Å². The first kappa shape index (κ1) is 16.7. The minimum absolute atomic E-state index is 0.646. The SMILES string of the molecule is COc1ccc(-c2cc3nc(Br)ccc3c(NCCCN)n2)cc1. The number of halogens is 1. The number of pyridine rings is 2. The van der Waals surface area contributed by atoms with Crippen molar-refractivity contribution in [2.75, 3.05) is 25.5 Å². The molecule has 3 aromatic rings. The van der Waals surface area contributed by atoms with E-state index in [0.717, 1.165) is 51.3 Å². The Bertz CT molecular complexity index is 836. The van der Waals surface area contributed by atoms with Crippen LogP contribution in [0.1, 0.15) is 6.42 Å². The number of nitrogens with zero attached hydrogens (tertiary/aromatic N) is 2. The van der Waals surface area contributed by atoms with Crippen LogP contribution in [0.3, 0.4) is 0 Å². The van der Waals surface area contributed by atoms with Gasteiger partial charge in [-0.15, -0.1) is 0 Å². The molecule has 0 saturated carbocycles. The lowest BCUT2D eigenvalue weighted by Crippen LogP contribution is -2.10. The summed E-state index contributed by atoms with van der Waals surface area (Å²) in [5, 5.41) is 4.36. The van der Waals surface area contributed by atoms with E-state index in [-0.39, 0.29) is 0 Å². The van der Waals surface area contributed by atoms with Gasteiger partial charge in [-0.25, -0.2) is 9.97 Å². The van der Waals surface area contributed by atoms with Gasteiger partial charge in [0.05, 0.1) is 18.3 Å². The highest BCUT2D eigenvalue weighted by Gasteiger charge is 2.09. The van der Waals surface area contributed by atoms with Crippen LogP contribution >= 0.6 is 15.9 Å². The Hall–Kier alpha value is -2.18. The quantitative estimate of drug-likeness (QED) is 0.497. The van der Waals surface area contributed by atoms with Gasteiger partial charge in [-0.2, -0.15) is 0 Å². The zero-order chi connectivity index (χ0) is 16.9. The highest BCUT2D eigenvalue weighted by Crippen LogP contribution is 2.29. The summed E-state index contributed by atoms with van der Waals surface area (Å²) in [5.74, 6) is 1.65. The summed E-state index contributed by atoms with van der Waals surface area (Å²) in [5.41, 5.74) is 8.35. The summed E-state index contributed by atoms with van der Waals surface area (Å²) in [6.07, 6.45) is 0.889. The molecule has 0 aliphatic carbocycles. The van der Waals surface area contributed by atoms with Gasteiger partial charge in [-0.3, -0.25) is 0 Å². The normalized spacial score (nSPS) is 10.8. The number of aromatic nitrogens is 2. The minimum atomic E-state index is 0.646. The molecular formula is C18H19BrN4O. The number of hydrogen-bond acceptors (Lipinski definition) is 5. The first-order valence-electron chi connectivity index (χ1n) is 7.77. The number of anilines is 1. The molecule has 0 aliphatic heterocycles. The largest absolute Gasteiger partial charge is 0.497 e. The number of ether oxygens (including phenoxy) is 1. The van der Waals surface area contributed by atoms with E-state index < -0.39 is 0 Å². The van der Waals surface area contributed by atoms with Crippen LogP contribution in [0.25, 0.3) is 22.2 Å². The van der Waals surface area contributed by atoms with Crippen molar-refractivity contribution in [3.63, 3.8) is 0 Å². The minimum Gasteiger partial charge on any atom is -0.497 e. The highest BCUT2D eigenvalue weighted by molar-refractivity contribution is 9.10. The second kappa shape index (κ2) is 7.59. The average Bonchev–Trinajstić information content (AvgIpc) is 2.61. The summed E-state index contributed by atoms with van der Waals surface area (Å²) < 4.78 is 6.02. The second-order valence-corrected chi connectivity index (χ2v) is 6.17. The number of nitrogens with one attached hydrogen (secondary N) is 1. The van der Waals surface area contributed by atoms with Crippen LogP contribution in [0.5, 0.6) is 5.75 Å². The van der Waals surface area contributed by atoms with Crippen LogP contribution in [0.4, 0.5) is 5.82 Å². The van der Waals surface area contributed by atoms with Crippen LogP contribution in [-0.2, 0) is 0 Å². The Morgan fingerprint density at radius 2 is 1.92 bits per heavy atom. The standard InChI is InChI=1S/C18H19BrN4O/c1-24-13-5-3-12(4-6-13)15-11-16-14(7-8-17(19)22-16)18(23-15)21-10-2-9-20/h3-8,11H,2,9-10,20H2,1H3,(H,21,23). The van der Waals surface area contributed by atoms with Crippen molar-refractivity contribution in [1.29, 1.82) is 0 Å². The van der Waals surface area contributed by atoms with Crippen molar-refractivity contribution in [2.45, 2.75) is 6.42 Å². The zero-order valence-corrected chi connectivity index (χ0v) is 15.0. The van der Waals surface area contributed by atoms with E-state index in [2.05, 4.69) is 26.2 Å². The van der Waals surface area contributed by atoms with Crippen molar-refractivity contribution >= 4 is 32.7 Å². The topological polar surface area (TPSA) is 73.1 Å². The van der Waals surface area contributed by atoms with E-state index in [0.29, 0.717) is 6.54 Å². The molecule has 2 heterocycles. The number of benzene rings is 1. The fourth-order valence-electron chi connectivity index (χ4n) is 2.46. The molecule has 124 valence electrons. The van der Waals surface area contributed by atoms with Gasteiger partial charge in [0.2, 0.25) is 0 Å². The van der Waals surface area contributed by atoms with Gasteiger partial charge in [0.1, 0.15) is 16.2 Å². The third kappa shape index (κ3) is 3.66. The fourth-order valence-corrected chi connectivity index (χ4v) is 2.78. The van der Waals surface area contributed by atoms with Crippen LogP contribution in [0.2, 0.25) is 0 Å². The summed E-state index contributed by atoms with van der Waals surface area (Å²) in [6.45, 7) is 1.42. The number of rotatable bonds is 6. The fraction of sp³-hybridized carbons (Fsp3) is 0.222. The van der Waals surface area contributed by atoms with Crippen LogP contribution < -0.4 is 15.8 Å².